The van der Waals surface area contributed by atoms with Crippen molar-refractivity contribution in [3.8, 4) is 35.0 Å². The molecule has 27 nitrogen and oxygen atoms in total. The van der Waals surface area contributed by atoms with Crippen LogP contribution < -0.4 is 42.0 Å². The van der Waals surface area contributed by atoms with Gasteiger partial charge in [-0.3, -0.25) is 13.7 Å². The van der Waals surface area contributed by atoms with Crippen molar-refractivity contribution in [3.05, 3.63) is 265 Å². The van der Waals surface area contributed by atoms with E-state index in [1.165, 1.54) is 79.1 Å². The number of nitrogens with zero attached hydrogens (tertiary/aromatic N) is 16. The molecule has 9 aromatic heterocycles. The molecule has 0 aliphatic rings. The number of nitrogens with one attached hydrogen (secondary N) is 7. The molecule has 125 heavy (non-hydrogen) atoms. The van der Waals surface area contributed by atoms with Crippen LogP contribution in [0.5, 0.6) is 5.75 Å². The molecule has 41 heteroatoms. The summed E-state index contributed by atoms with van der Waals surface area (Å²) in [4.78, 5) is 49.3. The minimum absolute atomic E-state index is 0.0800. The Bertz CT molecular complexity index is 6350. The van der Waals surface area contributed by atoms with E-state index in [2.05, 4.69) is 102 Å². The zero-order valence-electron chi connectivity index (χ0n) is 66.3. The summed E-state index contributed by atoms with van der Waals surface area (Å²) in [5, 5.41) is 34.1. The predicted molar refractivity (Wildman–Crippen MR) is 442 cm³/mol. The van der Waals surface area contributed by atoms with Crippen LogP contribution in [0.25, 0.3) is 67.8 Å². The summed E-state index contributed by atoms with van der Waals surface area (Å²) in [5.74, 6) is 6.19. The molecule has 0 unspecified atom stereocenters. The van der Waals surface area contributed by atoms with Gasteiger partial charge in [0.25, 0.3) is 0 Å². The van der Waals surface area contributed by atoms with Gasteiger partial charge < -0.3 is 56.5 Å². The Kier molecular flexibility index (Phi) is 27.2. The monoisotopic (exact) mass is 1730 g/mol. The van der Waals surface area contributed by atoms with Gasteiger partial charge in [-0.2, -0.15) is 96.5 Å². The van der Waals surface area contributed by atoms with Crippen LogP contribution in [0.4, 0.5) is 125 Å². The van der Waals surface area contributed by atoms with Gasteiger partial charge in [-0.05, 0) is 172 Å². The molecule has 16 rings (SSSR count). The third-order valence-corrected chi connectivity index (χ3v) is 18.1. The molecule has 0 atom stereocenters. The quantitative estimate of drug-likeness (QED) is 0.0195. The van der Waals surface area contributed by atoms with Crippen molar-refractivity contribution in [2.24, 2.45) is 0 Å². The predicted octanol–water partition coefficient (Wildman–Crippen LogP) is 19.3. The number of aromatic nitrogens is 16. The van der Waals surface area contributed by atoms with E-state index in [9.17, 15) is 61.5 Å². The number of rotatable bonds is 25. The number of ether oxygens (including phenoxy) is 3. The zero-order chi connectivity index (χ0) is 88.7. The first-order valence-corrected chi connectivity index (χ1v) is 37.7. The summed E-state index contributed by atoms with van der Waals surface area (Å²) in [5.41, 5.74) is 3.31. The third-order valence-electron chi connectivity index (χ3n) is 18.1. The van der Waals surface area contributed by atoms with Crippen molar-refractivity contribution < 1.29 is 80.8 Å². The molecular formula is C84H73F14N23O4. The van der Waals surface area contributed by atoms with Gasteiger partial charge in [-0.25, -0.2) is 29.4 Å². The Hall–Kier alpha value is -14.7. The maximum atomic E-state index is 13.5. The number of aryl methyl sites for hydroxylation is 3. The van der Waals surface area contributed by atoms with Gasteiger partial charge in [0.1, 0.15) is 63.9 Å². The maximum Gasteiger partial charge on any atom is 0.435 e. The summed E-state index contributed by atoms with van der Waals surface area (Å²) in [6.07, 6.45) is -15.4. The van der Waals surface area contributed by atoms with Gasteiger partial charge in [-0.15, -0.1) is 0 Å². The molecule has 0 spiro atoms. The molecule has 9 heterocycles. The molecule has 0 radical (unpaired) electrons. The van der Waals surface area contributed by atoms with Crippen molar-refractivity contribution in [2.45, 2.75) is 52.1 Å². The van der Waals surface area contributed by atoms with Crippen LogP contribution in [0.15, 0.2) is 225 Å². The van der Waals surface area contributed by atoms with E-state index in [-0.39, 0.29) is 47.3 Å². The highest BCUT2D eigenvalue weighted by atomic mass is 19.4. The van der Waals surface area contributed by atoms with Crippen LogP contribution in [-0.4, -0.2) is 144 Å². The fourth-order valence-electron chi connectivity index (χ4n) is 12.5. The number of hydrogen-bond donors (Lipinski definition) is 8. The Morgan fingerprint density at radius 1 is 0.376 bits per heavy atom. The largest absolute Gasteiger partial charge is 0.435 e. The lowest BCUT2D eigenvalue weighted by Gasteiger charge is -2.13. The van der Waals surface area contributed by atoms with E-state index in [0.717, 1.165) is 79.8 Å². The van der Waals surface area contributed by atoms with Crippen molar-refractivity contribution in [1.29, 1.82) is 0 Å². The molecule has 0 aliphatic heterocycles. The lowest BCUT2D eigenvalue weighted by molar-refractivity contribution is -0.141. The first-order valence-electron chi connectivity index (χ1n) is 37.7. The summed E-state index contributed by atoms with van der Waals surface area (Å²) in [6, 6.07) is 53.7. The van der Waals surface area contributed by atoms with E-state index >= 15 is 0 Å². The molecule has 0 fully saturated rings. The molecule has 0 bridgehead atoms. The van der Waals surface area contributed by atoms with Gasteiger partial charge in [0.15, 0.2) is 11.5 Å². The van der Waals surface area contributed by atoms with Crippen LogP contribution in [-0.2, 0) is 34.2 Å². The highest BCUT2D eigenvalue weighted by Gasteiger charge is 2.40. The number of anilines is 11. The molecule has 0 saturated heterocycles. The van der Waals surface area contributed by atoms with Crippen molar-refractivity contribution in [1.82, 2.24) is 78.1 Å². The number of halogens is 14. The molecule has 16 aromatic rings. The second kappa shape index (κ2) is 38.5. The molecule has 0 amide bonds. The number of pyridine rings is 1. The van der Waals surface area contributed by atoms with Gasteiger partial charge in [-0.1, -0.05) is 42.5 Å². The summed E-state index contributed by atoms with van der Waals surface area (Å²) < 4.78 is 202. The average molecular weight is 1730 g/mol. The summed E-state index contributed by atoms with van der Waals surface area (Å²) in [7, 11) is 3.23. The van der Waals surface area contributed by atoms with Crippen LogP contribution in [0, 0.1) is 20.8 Å². The number of para-hydroxylation sites is 6. The molecule has 0 saturated carbocycles. The Morgan fingerprint density at radius 2 is 0.720 bits per heavy atom. The highest BCUT2D eigenvalue weighted by Crippen LogP contribution is 2.40. The summed E-state index contributed by atoms with van der Waals surface area (Å²) in [6.45, 7) is 4.99. The Balaban J connectivity index is 0.000000143. The van der Waals surface area contributed by atoms with Crippen molar-refractivity contribution in [3.63, 3.8) is 0 Å². The smallest absolute Gasteiger partial charge is 0.435 e. The number of methoxy groups -OCH3 is 2. The normalized spacial score (nSPS) is 11.7. The molecule has 8 N–H and O–H groups in total. The summed E-state index contributed by atoms with van der Waals surface area (Å²) >= 11 is 0. The standard InChI is InChI=1S/C22H21F3N6O.C22H22F2N6O2.C21H19F3N6O.C19H11F6N5/c1-14-27-17-5-3-4-6-18(17)31(14)21-29-19(26-11-12-32-2)13-20(30-21)28-16-9-7-15(8-10-16)22(23,24)25;1-14-26-17-5-3-4-6-18(17)30(14)22-28-19(25-11-12-31-2)13-20(29-22)27-15-7-9-16(10-8-15)32-21(23)24;1-13-26-16-4-2-3-5-17(16)30(13)20-28-18(25-10-11-31)12-19(29-20)27-15-8-6-14(7-9-15)21(22,23)24;20-18(21,22)11-4-6-12(7-5-11)27-14-8-9-26-17(28-14)15-13-3-1-2-10-30(13)29-16(15)19(23,24)25/h3-10,13H,11-12H2,1-2H3,(H2,26,28,29,30);3-10,13,21H,11-12H2,1-2H3,(H2,25,27,28,29);2-9,12,31H,10-11H2,1H3,(H2,25,27,28,29);1-10H,(H,26,27,28). The number of hydrogen-bond acceptors (Lipinski definition) is 23. The van der Waals surface area contributed by atoms with Gasteiger partial charge in [0.05, 0.1) is 80.7 Å². The van der Waals surface area contributed by atoms with Gasteiger partial charge >= 0.3 is 31.3 Å². The number of imidazole rings is 3. The zero-order valence-corrected chi connectivity index (χ0v) is 66.3. The second-order valence-electron chi connectivity index (χ2n) is 26.9. The van der Waals surface area contributed by atoms with Gasteiger partial charge in [0.2, 0.25) is 17.8 Å². The number of alkyl halides is 14. The van der Waals surface area contributed by atoms with Crippen LogP contribution in [0.1, 0.15) is 39.9 Å². The minimum atomic E-state index is -4.73. The molecular weight excluding hydrogens is 1660 g/mol. The average Bonchev–Trinajstić information content (AvgIpc) is 1.61. The van der Waals surface area contributed by atoms with E-state index in [4.69, 9.17) is 14.6 Å². The van der Waals surface area contributed by atoms with E-state index in [1.807, 2.05) is 103 Å². The number of aliphatic hydroxyl groups is 1. The fraction of sp³-hybridized carbons (Fsp3) is 0.190. The topological polar surface area (TPSA) is 306 Å². The second-order valence-corrected chi connectivity index (χ2v) is 26.9. The van der Waals surface area contributed by atoms with Crippen LogP contribution in [0.3, 0.4) is 0 Å². The van der Waals surface area contributed by atoms with E-state index < -0.39 is 53.7 Å². The van der Waals surface area contributed by atoms with Crippen molar-refractivity contribution >= 4 is 102 Å². The Morgan fingerprint density at radius 3 is 1.08 bits per heavy atom. The first kappa shape index (κ1) is 88.1. The SMILES string of the molecule is COCCNc1cc(Nc2ccc(C(F)(F)F)cc2)nc(-n2c(C)nc3ccccc32)n1.COCCNc1cc(Nc2ccc(OC(F)F)cc2)nc(-n2c(C)nc3ccccc32)n1.Cc1nc2ccccc2n1-c1nc(NCCO)cc(Nc2ccc(C(F)(F)F)cc2)n1.FC(F)(F)c1ccc(Nc2ccnc(-c3c(C(F)(F)F)nn4ccccc34)n2)cc1. The van der Waals surface area contributed by atoms with E-state index in [1.54, 1.807) is 55.2 Å². The maximum absolute atomic E-state index is 13.5. The minimum Gasteiger partial charge on any atom is -0.435 e. The number of fused-ring (bicyclic) bond motifs is 4. The third kappa shape index (κ3) is 22.3. The lowest BCUT2D eigenvalue weighted by Crippen LogP contribution is -2.12. The lowest BCUT2D eigenvalue weighted by atomic mass is 10.1. The number of aliphatic hydroxyl groups excluding tert-OH is 1. The highest BCUT2D eigenvalue weighted by molar-refractivity contribution is 5.82. The molecule has 646 valence electrons. The van der Waals surface area contributed by atoms with Crippen molar-refractivity contribution in [2.75, 3.05) is 90.9 Å². The van der Waals surface area contributed by atoms with Gasteiger partial charge in [0, 0.05) is 87.2 Å². The number of benzene rings is 7. The molecule has 7 aromatic carbocycles. The fourth-order valence-corrected chi connectivity index (χ4v) is 12.5. The first-order chi connectivity index (χ1) is 59.8. The van der Waals surface area contributed by atoms with Crippen LogP contribution >= 0.6 is 0 Å². The molecule has 0 aliphatic carbocycles. The van der Waals surface area contributed by atoms with Crippen LogP contribution in [0.2, 0.25) is 0 Å². The Labute approximate surface area is 700 Å². The van der Waals surface area contributed by atoms with E-state index in [0.29, 0.717) is 108 Å².